The summed E-state index contributed by atoms with van der Waals surface area (Å²) >= 11 is 0. The Morgan fingerprint density at radius 2 is 1.89 bits per heavy atom. The molecule has 0 unspecified atom stereocenters. The van der Waals surface area contributed by atoms with Crippen LogP contribution in [0.15, 0.2) is 42.6 Å². The van der Waals surface area contributed by atoms with Gasteiger partial charge < -0.3 is 0 Å². The average Bonchev–Trinajstić information content (AvgIpc) is 3.22. The van der Waals surface area contributed by atoms with Crippen LogP contribution in [0.5, 0.6) is 0 Å². The first-order valence-corrected chi connectivity index (χ1v) is 6.71. The molecule has 1 fully saturated rings. The molecular formula is C17H17NO. The first-order valence-electron chi connectivity index (χ1n) is 6.71. The summed E-state index contributed by atoms with van der Waals surface area (Å²) in [6.07, 6.45) is 8.13. The second-order valence-electron chi connectivity index (χ2n) is 5.08. The first-order chi connectivity index (χ1) is 9.25. The monoisotopic (exact) mass is 251 g/mol. The number of hydrogen-bond donors (Lipinski definition) is 0. The topological polar surface area (TPSA) is 22.0 Å². The molecule has 1 aromatic carbocycles. The van der Waals surface area contributed by atoms with Gasteiger partial charge in [-0.05, 0) is 37.0 Å². The maximum absolute atomic E-state index is 12.1. The van der Waals surface area contributed by atoms with Crippen LogP contribution >= 0.6 is 0 Å². The minimum absolute atomic E-state index is 0.247. The van der Waals surface area contributed by atoms with Crippen LogP contribution in [-0.4, -0.2) is 10.5 Å². The summed E-state index contributed by atoms with van der Waals surface area (Å²) in [5.41, 5.74) is 3.31. The fourth-order valence-corrected chi connectivity index (χ4v) is 2.22. The van der Waals surface area contributed by atoms with E-state index < -0.39 is 0 Å². The second kappa shape index (κ2) is 4.88. The summed E-state index contributed by atoms with van der Waals surface area (Å²) < 4.78 is 1.79. The van der Waals surface area contributed by atoms with Crippen LogP contribution < -0.4 is 0 Å². The van der Waals surface area contributed by atoms with Crippen LogP contribution in [0.1, 0.15) is 34.5 Å². The molecule has 1 aliphatic rings. The molecule has 1 saturated carbocycles. The van der Waals surface area contributed by atoms with E-state index >= 15 is 0 Å². The van der Waals surface area contributed by atoms with Gasteiger partial charge in [-0.3, -0.25) is 9.36 Å². The molecule has 0 aliphatic heterocycles. The van der Waals surface area contributed by atoms with Gasteiger partial charge >= 0.3 is 0 Å². The van der Waals surface area contributed by atoms with Crippen molar-refractivity contribution in [1.29, 1.82) is 0 Å². The average molecular weight is 251 g/mol. The zero-order valence-corrected chi connectivity index (χ0v) is 11.0. The minimum atomic E-state index is 0.247. The predicted molar refractivity (Wildman–Crippen MR) is 77.9 cm³/mol. The Labute approximate surface area is 113 Å². The predicted octanol–water partition coefficient (Wildman–Crippen LogP) is 4.02. The van der Waals surface area contributed by atoms with E-state index in [0.717, 1.165) is 24.1 Å². The molecule has 1 aromatic heterocycles. The van der Waals surface area contributed by atoms with Crippen molar-refractivity contribution in [2.45, 2.75) is 19.8 Å². The van der Waals surface area contributed by atoms with E-state index in [-0.39, 0.29) is 11.8 Å². The van der Waals surface area contributed by atoms with Gasteiger partial charge in [-0.25, -0.2) is 0 Å². The molecule has 0 atom stereocenters. The summed E-state index contributed by atoms with van der Waals surface area (Å²) in [5.74, 6) is 0.508. The minimum Gasteiger partial charge on any atom is -0.291 e. The lowest BCUT2D eigenvalue weighted by molar-refractivity contribution is 0.0884. The molecule has 3 rings (SSSR count). The van der Waals surface area contributed by atoms with E-state index in [0.29, 0.717) is 0 Å². The Kier molecular flexibility index (Phi) is 3.08. The van der Waals surface area contributed by atoms with E-state index in [9.17, 15) is 4.79 Å². The summed E-state index contributed by atoms with van der Waals surface area (Å²) in [6.45, 7) is 2.00. The number of hydrogen-bond acceptors (Lipinski definition) is 1. The number of nitrogens with zero attached hydrogens (tertiary/aromatic N) is 1. The second-order valence-corrected chi connectivity index (χ2v) is 5.08. The molecule has 2 nitrogen and oxygen atoms in total. The molecule has 0 amide bonds. The highest BCUT2D eigenvalue weighted by atomic mass is 16.2. The lowest BCUT2D eigenvalue weighted by Gasteiger charge is -2.03. The number of carbonyl (C=O) groups excluding carboxylic acids is 1. The molecule has 1 aliphatic carbocycles. The number of benzene rings is 1. The fourth-order valence-electron chi connectivity index (χ4n) is 2.22. The zero-order chi connectivity index (χ0) is 13.2. The van der Waals surface area contributed by atoms with E-state index in [1.54, 1.807) is 4.57 Å². The fraction of sp³-hybridized carbons (Fsp3) is 0.235. The van der Waals surface area contributed by atoms with Crippen LogP contribution in [0.3, 0.4) is 0 Å². The number of rotatable bonds is 3. The van der Waals surface area contributed by atoms with Crippen LogP contribution in [0, 0.1) is 12.8 Å². The third-order valence-corrected chi connectivity index (χ3v) is 3.60. The number of carbonyl (C=O) groups is 1. The van der Waals surface area contributed by atoms with Gasteiger partial charge in [0.2, 0.25) is 5.91 Å². The van der Waals surface area contributed by atoms with Gasteiger partial charge in [0, 0.05) is 17.8 Å². The van der Waals surface area contributed by atoms with E-state index in [1.165, 1.54) is 5.56 Å². The van der Waals surface area contributed by atoms with E-state index in [4.69, 9.17) is 0 Å². The zero-order valence-electron chi connectivity index (χ0n) is 11.0. The number of aromatic nitrogens is 1. The highest BCUT2D eigenvalue weighted by Gasteiger charge is 2.31. The smallest absolute Gasteiger partial charge is 0.233 e. The summed E-state index contributed by atoms with van der Waals surface area (Å²) in [7, 11) is 0. The first kappa shape index (κ1) is 12.0. The van der Waals surface area contributed by atoms with Crippen molar-refractivity contribution in [3.63, 3.8) is 0 Å². The Bertz CT molecular complexity index is 618. The molecule has 0 saturated heterocycles. The van der Waals surface area contributed by atoms with Crippen molar-refractivity contribution in [2.75, 3.05) is 0 Å². The van der Waals surface area contributed by atoms with E-state index in [2.05, 4.69) is 24.3 Å². The molecule has 19 heavy (non-hydrogen) atoms. The van der Waals surface area contributed by atoms with Crippen LogP contribution in [0.25, 0.3) is 12.2 Å². The molecule has 2 heteroatoms. The van der Waals surface area contributed by atoms with Gasteiger partial charge in [0.05, 0.1) is 0 Å². The maximum atomic E-state index is 12.1. The van der Waals surface area contributed by atoms with Crippen molar-refractivity contribution in [3.05, 3.63) is 59.4 Å². The van der Waals surface area contributed by atoms with Gasteiger partial charge in [-0.2, -0.15) is 0 Å². The molecule has 2 aromatic rings. The van der Waals surface area contributed by atoms with Gasteiger partial charge in [0.1, 0.15) is 0 Å². The van der Waals surface area contributed by atoms with Crippen molar-refractivity contribution >= 4 is 18.1 Å². The van der Waals surface area contributed by atoms with Crippen molar-refractivity contribution < 1.29 is 4.79 Å². The van der Waals surface area contributed by atoms with Crippen LogP contribution in [0.2, 0.25) is 0 Å². The van der Waals surface area contributed by atoms with Crippen LogP contribution in [-0.2, 0) is 0 Å². The molecule has 0 spiro atoms. The normalized spacial score (nSPS) is 15.0. The lowest BCUT2D eigenvalue weighted by Crippen LogP contribution is -2.12. The lowest BCUT2D eigenvalue weighted by atomic mass is 10.1. The van der Waals surface area contributed by atoms with Crippen molar-refractivity contribution in [2.24, 2.45) is 5.92 Å². The van der Waals surface area contributed by atoms with Gasteiger partial charge in [-0.15, -0.1) is 0 Å². The quantitative estimate of drug-likeness (QED) is 0.807. The highest BCUT2D eigenvalue weighted by molar-refractivity contribution is 5.85. The SMILES string of the molecule is Cc1c(C=Cc2ccccc2)ccn1C(=O)C1CC1. The highest BCUT2D eigenvalue weighted by Crippen LogP contribution is 2.31. The standard InChI is InChI=1S/C17H17NO/c1-13-15(8-7-14-5-3-2-4-6-14)11-12-18(13)17(19)16-9-10-16/h2-8,11-12,16H,9-10H2,1H3. The summed E-state index contributed by atoms with van der Waals surface area (Å²) in [5, 5.41) is 0. The van der Waals surface area contributed by atoms with E-state index in [1.807, 2.05) is 37.4 Å². The largest absolute Gasteiger partial charge is 0.291 e. The van der Waals surface area contributed by atoms with Gasteiger partial charge in [0.15, 0.2) is 0 Å². The van der Waals surface area contributed by atoms with Crippen molar-refractivity contribution in [1.82, 2.24) is 4.57 Å². The van der Waals surface area contributed by atoms with Gasteiger partial charge in [0.25, 0.3) is 0 Å². The molecule has 1 heterocycles. The van der Waals surface area contributed by atoms with Crippen LogP contribution in [0.4, 0.5) is 0 Å². The molecule has 0 bridgehead atoms. The molecular weight excluding hydrogens is 234 g/mol. The van der Waals surface area contributed by atoms with Gasteiger partial charge in [-0.1, -0.05) is 42.5 Å². The Hall–Kier alpha value is -2.09. The molecule has 96 valence electrons. The Balaban J connectivity index is 1.82. The molecule has 0 radical (unpaired) electrons. The summed E-state index contributed by atoms with van der Waals surface area (Å²) in [4.78, 5) is 12.1. The third kappa shape index (κ3) is 2.53. The molecule has 0 N–H and O–H groups in total. The maximum Gasteiger partial charge on any atom is 0.233 e. The third-order valence-electron chi connectivity index (χ3n) is 3.60. The van der Waals surface area contributed by atoms with Crippen molar-refractivity contribution in [3.8, 4) is 0 Å². The Morgan fingerprint density at radius 1 is 1.16 bits per heavy atom. The Morgan fingerprint density at radius 3 is 2.58 bits per heavy atom. The summed E-state index contributed by atoms with van der Waals surface area (Å²) in [6, 6.07) is 12.2.